The zero-order chi connectivity index (χ0) is 20.6. The van der Waals surface area contributed by atoms with Gasteiger partial charge in [-0.1, -0.05) is 61.2 Å². The molecule has 0 saturated heterocycles. The summed E-state index contributed by atoms with van der Waals surface area (Å²) in [4.78, 5) is 12.7. The number of anilines is 1. The van der Waals surface area contributed by atoms with Crippen LogP contribution >= 0.6 is 11.6 Å². The molecule has 9 heteroatoms. The van der Waals surface area contributed by atoms with Crippen molar-refractivity contribution in [2.45, 2.75) is 62.8 Å². The van der Waals surface area contributed by atoms with Crippen LogP contribution in [0.15, 0.2) is 30.3 Å². The van der Waals surface area contributed by atoms with Crippen molar-refractivity contribution in [1.82, 2.24) is 15.1 Å². The molecule has 2 heterocycles. The number of rotatable bonds is 3. The number of nitrogens with one attached hydrogen (secondary N) is 2. The van der Waals surface area contributed by atoms with E-state index < -0.39 is 24.2 Å². The molecule has 1 aliphatic heterocycles. The van der Waals surface area contributed by atoms with Crippen LogP contribution in [0.3, 0.4) is 0 Å². The number of carbonyl (C=O) groups is 1. The van der Waals surface area contributed by atoms with E-state index in [-0.39, 0.29) is 29.0 Å². The third-order valence-electron chi connectivity index (χ3n) is 5.65. The molecule has 1 aromatic heterocycles. The van der Waals surface area contributed by atoms with Crippen molar-refractivity contribution < 1.29 is 18.0 Å². The lowest BCUT2D eigenvalue weighted by molar-refractivity contribution is -0.173. The summed E-state index contributed by atoms with van der Waals surface area (Å²) in [6, 6.07) is 6.44. The number of alkyl halides is 3. The first-order chi connectivity index (χ1) is 13.8. The van der Waals surface area contributed by atoms with Crippen molar-refractivity contribution in [2.75, 3.05) is 5.32 Å². The average molecular weight is 427 g/mol. The van der Waals surface area contributed by atoms with Gasteiger partial charge in [-0.05, 0) is 18.4 Å². The minimum Gasteiger partial charge on any atom is -0.362 e. The van der Waals surface area contributed by atoms with Crippen LogP contribution in [0.4, 0.5) is 19.0 Å². The van der Waals surface area contributed by atoms with E-state index in [0.29, 0.717) is 0 Å². The molecule has 1 amide bonds. The lowest BCUT2D eigenvalue weighted by atomic mass is 9.95. The van der Waals surface area contributed by atoms with Crippen LogP contribution in [0.5, 0.6) is 0 Å². The van der Waals surface area contributed by atoms with E-state index >= 15 is 0 Å². The first kappa shape index (κ1) is 20.1. The third kappa shape index (κ3) is 4.08. The molecule has 4 rings (SSSR count). The maximum absolute atomic E-state index is 13.8. The Morgan fingerprint density at radius 3 is 2.52 bits per heavy atom. The van der Waals surface area contributed by atoms with Crippen molar-refractivity contribution in [3.8, 4) is 0 Å². The smallest absolute Gasteiger partial charge is 0.362 e. The van der Waals surface area contributed by atoms with Crippen molar-refractivity contribution in [3.05, 3.63) is 46.6 Å². The molecule has 0 radical (unpaired) electrons. The molecular weight excluding hydrogens is 405 g/mol. The molecular formula is C20H22ClF3N4O. The SMILES string of the molecule is O=C(NC1CCCCC1)c1nn2c(c1Cl)N[C@H](c1ccccc1)C[C@@H]2C(F)(F)F. The van der Waals surface area contributed by atoms with Gasteiger partial charge in [-0.25, -0.2) is 4.68 Å². The Balaban J connectivity index is 1.65. The molecule has 1 aliphatic carbocycles. The number of carbonyl (C=O) groups excluding carboxylic acids is 1. The van der Waals surface area contributed by atoms with Crippen LogP contribution in [-0.4, -0.2) is 27.9 Å². The van der Waals surface area contributed by atoms with Crippen LogP contribution in [0.2, 0.25) is 5.02 Å². The molecule has 2 atom stereocenters. The summed E-state index contributed by atoms with van der Waals surface area (Å²) in [7, 11) is 0. The zero-order valence-electron chi connectivity index (χ0n) is 15.7. The second-order valence-electron chi connectivity index (χ2n) is 7.66. The summed E-state index contributed by atoms with van der Waals surface area (Å²) >= 11 is 6.35. The van der Waals surface area contributed by atoms with Crippen molar-refractivity contribution in [1.29, 1.82) is 0 Å². The largest absolute Gasteiger partial charge is 0.410 e. The van der Waals surface area contributed by atoms with Gasteiger partial charge in [0.2, 0.25) is 0 Å². The Morgan fingerprint density at radius 2 is 1.86 bits per heavy atom. The molecule has 0 unspecified atom stereocenters. The predicted molar refractivity (Wildman–Crippen MR) is 104 cm³/mol. The summed E-state index contributed by atoms with van der Waals surface area (Å²) in [5.74, 6) is -0.495. The van der Waals surface area contributed by atoms with E-state index in [1.54, 1.807) is 30.3 Å². The quantitative estimate of drug-likeness (QED) is 0.703. The molecule has 2 aliphatic rings. The Bertz CT molecular complexity index is 878. The van der Waals surface area contributed by atoms with Gasteiger partial charge < -0.3 is 10.6 Å². The highest BCUT2D eigenvalue weighted by Gasteiger charge is 2.47. The lowest BCUT2D eigenvalue weighted by Crippen LogP contribution is -2.37. The standard InChI is InChI=1S/C20H22ClF3N4O/c21-16-17(19(29)25-13-9-5-2-6-10-13)27-28-15(20(22,23)24)11-14(26-18(16)28)12-7-3-1-4-8-12/h1,3-4,7-8,13-15,26H,2,5-6,9-11H2,(H,25,29)/t14-,15+/m0/s1. The molecule has 5 nitrogen and oxygen atoms in total. The van der Waals surface area contributed by atoms with E-state index in [4.69, 9.17) is 11.6 Å². The van der Waals surface area contributed by atoms with Crippen LogP contribution in [-0.2, 0) is 0 Å². The Kier molecular flexibility index (Phi) is 5.46. The maximum atomic E-state index is 13.8. The molecule has 2 N–H and O–H groups in total. The van der Waals surface area contributed by atoms with Crippen molar-refractivity contribution in [3.63, 3.8) is 0 Å². The number of aromatic nitrogens is 2. The van der Waals surface area contributed by atoms with Gasteiger partial charge in [-0.3, -0.25) is 4.79 Å². The fourth-order valence-corrected chi connectivity index (χ4v) is 4.40. The van der Waals surface area contributed by atoms with Gasteiger partial charge in [0.05, 0.1) is 6.04 Å². The van der Waals surface area contributed by atoms with Gasteiger partial charge in [0.25, 0.3) is 5.91 Å². The topological polar surface area (TPSA) is 59.0 Å². The first-order valence-electron chi connectivity index (χ1n) is 9.81. The highest BCUT2D eigenvalue weighted by molar-refractivity contribution is 6.36. The molecule has 1 saturated carbocycles. The van der Waals surface area contributed by atoms with Gasteiger partial charge in [0.1, 0.15) is 10.8 Å². The Morgan fingerprint density at radius 1 is 1.17 bits per heavy atom. The van der Waals surface area contributed by atoms with Gasteiger partial charge in [0.15, 0.2) is 11.7 Å². The summed E-state index contributed by atoms with van der Waals surface area (Å²) < 4.78 is 42.2. The van der Waals surface area contributed by atoms with Gasteiger partial charge in [-0.2, -0.15) is 18.3 Å². The van der Waals surface area contributed by atoms with E-state index in [0.717, 1.165) is 42.3 Å². The summed E-state index contributed by atoms with van der Waals surface area (Å²) in [6.45, 7) is 0. The fraction of sp³-hybridized carbons (Fsp3) is 0.500. The summed E-state index contributed by atoms with van der Waals surface area (Å²) in [6.07, 6.45) is 0.138. The highest BCUT2D eigenvalue weighted by atomic mass is 35.5. The summed E-state index contributed by atoms with van der Waals surface area (Å²) in [5.41, 5.74) is 0.557. The Hall–Kier alpha value is -2.22. The molecule has 1 fully saturated rings. The van der Waals surface area contributed by atoms with Gasteiger partial charge in [0, 0.05) is 12.5 Å². The van der Waals surface area contributed by atoms with E-state index in [1.807, 2.05) is 0 Å². The van der Waals surface area contributed by atoms with Crippen molar-refractivity contribution in [2.24, 2.45) is 0 Å². The molecule has 1 aromatic carbocycles. The molecule has 0 bridgehead atoms. The Labute approximate surface area is 171 Å². The monoisotopic (exact) mass is 426 g/mol. The van der Waals surface area contributed by atoms with Gasteiger partial charge in [-0.15, -0.1) is 0 Å². The number of nitrogens with zero attached hydrogens (tertiary/aromatic N) is 2. The fourth-order valence-electron chi connectivity index (χ4n) is 4.14. The molecule has 2 aromatic rings. The number of halogens is 4. The number of fused-ring (bicyclic) bond motifs is 1. The van der Waals surface area contributed by atoms with E-state index in [9.17, 15) is 18.0 Å². The minimum atomic E-state index is -4.52. The molecule has 29 heavy (non-hydrogen) atoms. The molecule has 0 spiro atoms. The van der Waals surface area contributed by atoms with Crippen LogP contribution in [0.25, 0.3) is 0 Å². The minimum absolute atomic E-state index is 0.00878. The third-order valence-corrected chi connectivity index (χ3v) is 6.01. The first-order valence-corrected chi connectivity index (χ1v) is 10.2. The molecule has 156 valence electrons. The summed E-state index contributed by atoms with van der Waals surface area (Å²) in [5, 5.41) is 9.83. The van der Waals surface area contributed by atoms with E-state index in [2.05, 4.69) is 15.7 Å². The maximum Gasteiger partial charge on any atom is 0.410 e. The number of hydrogen-bond acceptors (Lipinski definition) is 3. The highest BCUT2D eigenvalue weighted by Crippen LogP contribution is 2.46. The van der Waals surface area contributed by atoms with Crippen LogP contribution in [0.1, 0.15) is 66.7 Å². The van der Waals surface area contributed by atoms with Gasteiger partial charge >= 0.3 is 6.18 Å². The normalized spacial score (nSPS) is 22.6. The zero-order valence-corrected chi connectivity index (χ0v) is 16.4. The van der Waals surface area contributed by atoms with Crippen LogP contribution < -0.4 is 10.6 Å². The number of hydrogen-bond donors (Lipinski definition) is 2. The second-order valence-corrected chi connectivity index (χ2v) is 8.04. The van der Waals surface area contributed by atoms with E-state index in [1.165, 1.54) is 0 Å². The number of benzene rings is 1. The lowest BCUT2D eigenvalue weighted by Gasteiger charge is -2.33. The van der Waals surface area contributed by atoms with Crippen LogP contribution in [0, 0.1) is 0 Å². The number of amides is 1. The predicted octanol–water partition coefficient (Wildman–Crippen LogP) is 5.26. The second kappa shape index (κ2) is 7.89. The average Bonchev–Trinajstić information content (AvgIpc) is 3.05. The van der Waals surface area contributed by atoms with Crippen molar-refractivity contribution >= 4 is 23.3 Å².